The molecule has 1 aliphatic rings. The number of rotatable bonds is 4. The minimum Gasteiger partial charge on any atom is -0.272 e. The Morgan fingerprint density at radius 3 is 2.86 bits per heavy atom. The molecule has 0 unspecified atom stereocenters. The summed E-state index contributed by atoms with van der Waals surface area (Å²) in [7, 11) is 0. The third kappa shape index (κ3) is 3.48. The second kappa shape index (κ2) is 6.36. The predicted octanol–water partition coefficient (Wildman–Crippen LogP) is 2.58. The topological polar surface area (TPSA) is 58.5 Å². The molecule has 7 heteroatoms. The van der Waals surface area contributed by atoms with E-state index in [0.29, 0.717) is 12.3 Å². The van der Waals surface area contributed by atoms with Crippen molar-refractivity contribution in [2.24, 2.45) is 5.10 Å². The molecule has 0 spiro atoms. The van der Waals surface area contributed by atoms with Crippen molar-refractivity contribution in [2.75, 3.05) is 12.3 Å². The van der Waals surface area contributed by atoms with Gasteiger partial charge in [-0.2, -0.15) is 5.10 Å². The Balaban J connectivity index is 1.60. The van der Waals surface area contributed by atoms with E-state index >= 15 is 0 Å². The van der Waals surface area contributed by atoms with E-state index in [9.17, 15) is 4.79 Å². The number of aromatic nitrogens is 2. The third-order valence-corrected chi connectivity index (χ3v) is 4.98. The molecular formula is C14H14N4OS2. The zero-order chi connectivity index (χ0) is 14.7. The van der Waals surface area contributed by atoms with Crippen molar-refractivity contribution >= 4 is 34.7 Å². The molecule has 0 aliphatic carbocycles. The minimum absolute atomic E-state index is 0.0128. The lowest BCUT2D eigenvalue weighted by atomic mass is 10.1. The molecule has 0 atom stereocenters. The molecule has 1 amide bonds. The van der Waals surface area contributed by atoms with Crippen LogP contribution in [0.3, 0.4) is 0 Å². The smallest absolute Gasteiger partial charge is 0.253 e. The van der Waals surface area contributed by atoms with E-state index in [2.05, 4.69) is 15.3 Å². The Kier molecular flexibility index (Phi) is 4.31. The molecular weight excluding hydrogens is 304 g/mol. The Bertz CT molecular complexity index is 669. The van der Waals surface area contributed by atoms with Crippen molar-refractivity contribution in [1.82, 2.24) is 15.2 Å². The van der Waals surface area contributed by atoms with Crippen LogP contribution in [0.2, 0.25) is 0 Å². The van der Waals surface area contributed by atoms with Gasteiger partial charge in [0.1, 0.15) is 5.01 Å². The lowest BCUT2D eigenvalue weighted by Gasteiger charge is -2.09. The SMILES string of the molecule is Cc1nnc(SCC(=O)N2CCC(c3ccccc3)=N2)s1. The molecule has 0 fully saturated rings. The van der Waals surface area contributed by atoms with Crippen LogP contribution >= 0.6 is 23.1 Å². The van der Waals surface area contributed by atoms with E-state index in [0.717, 1.165) is 27.0 Å². The van der Waals surface area contributed by atoms with Crippen LogP contribution < -0.4 is 0 Å². The second-order valence-corrected chi connectivity index (χ2v) is 6.96. The lowest BCUT2D eigenvalue weighted by Crippen LogP contribution is -2.25. The molecule has 0 bridgehead atoms. The number of benzene rings is 1. The number of aryl methyl sites for hydroxylation is 1. The number of nitrogens with zero attached hydrogens (tertiary/aromatic N) is 4. The van der Waals surface area contributed by atoms with Gasteiger partial charge in [0, 0.05) is 6.42 Å². The zero-order valence-electron chi connectivity index (χ0n) is 11.5. The molecule has 0 saturated carbocycles. The summed E-state index contributed by atoms with van der Waals surface area (Å²) in [5, 5.41) is 14.8. The molecule has 0 N–H and O–H groups in total. The average Bonchev–Trinajstić information content (AvgIpc) is 3.15. The summed E-state index contributed by atoms with van der Waals surface area (Å²) >= 11 is 2.92. The Hall–Kier alpha value is -1.73. The maximum Gasteiger partial charge on any atom is 0.253 e. The van der Waals surface area contributed by atoms with Crippen LogP contribution in [-0.2, 0) is 4.79 Å². The van der Waals surface area contributed by atoms with Gasteiger partial charge in [0.05, 0.1) is 18.0 Å². The average molecular weight is 318 g/mol. The predicted molar refractivity (Wildman–Crippen MR) is 84.7 cm³/mol. The summed E-state index contributed by atoms with van der Waals surface area (Å²) in [6, 6.07) is 9.98. The fourth-order valence-corrected chi connectivity index (χ4v) is 3.69. The van der Waals surface area contributed by atoms with Crippen LogP contribution in [0.4, 0.5) is 0 Å². The summed E-state index contributed by atoms with van der Waals surface area (Å²) in [4.78, 5) is 12.2. The minimum atomic E-state index is 0.0128. The first-order valence-electron chi connectivity index (χ1n) is 6.58. The fourth-order valence-electron chi connectivity index (χ4n) is 2.01. The highest BCUT2D eigenvalue weighted by atomic mass is 32.2. The number of amides is 1. The normalized spacial score (nSPS) is 14.3. The van der Waals surface area contributed by atoms with Gasteiger partial charge in [-0.25, -0.2) is 5.01 Å². The quantitative estimate of drug-likeness (QED) is 0.813. The van der Waals surface area contributed by atoms with Gasteiger partial charge in [0.15, 0.2) is 4.34 Å². The van der Waals surface area contributed by atoms with Crippen LogP contribution in [0.15, 0.2) is 39.8 Å². The Morgan fingerprint density at radius 1 is 1.33 bits per heavy atom. The first-order chi connectivity index (χ1) is 10.2. The van der Waals surface area contributed by atoms with E-state index in [4.69, 9.17) is 0 Å². The molecule has 2 aromatic rings. The van der Waals surface area contributed by atoms with Crippen molar-refractivity contribution in [3.8, 4) is 0 Å². The number of carbonyl (C=O) groups excluding carboxylic acids is 1. The fraction of sp³-hybridized carbons (Fsp3) is 0.286. The second-order valence-electron chi connectivity index (χ2n) is 4.56. The Labute approximate surface area is 131 Å². The Morgan fingerprint density at radius 2 is 2.14 bits per heavy atom. The van der Waals surface area contributed by atoms with Gasteiger partial charge < -0.3 is 0 Å². The van der Waals surface area contributed by atoms with Gasteiger partial charge in [-0.15, -0.1) is 10.2 Å². The van der Waals surface area contributed by atoms with Gasteiger partial charge >= 0.3 is 0 Å². The first kappa shape index (κ1) is 14.2. The van der Waals surface area contributed by atoms with Crippen molar-refractivity contribution in [3.05, 3.63) is 40.9 Å². The molecule has 1 aromatic carbocycles. The molecule has 1 aliphatic heterocycles. The van der Waals surface area contributed by atoms with Crippen molar-refractivity contribution in [2.45, 2.75) is 17.7 Å². The molecule has 2 heterocycles. The van der Waals surface area contributed by atoms with E-state index in [1.807, 2.05) is 37.3 Å². The zero-order valence-corrected chi connectivity index (χ0v) is 13.2. The van der Waals surface area contributed by atoms with E-state index in [1.165, 1.54) is 23.1 Å². The van der Waals surface area contributed by atoms with Gasteiger partial charge in [0.2, 0.25) is 0 Å². The number of hydrogen-bond acceptors (Lipinski definition) is 6. The maximum atomic E-state index is 12.2. The lowest BCUT2D eigenvalue weighted by molar-refractivity contribution is -0.127. The molecule has 0 radical (unpaired) electrons. The third-order valence-electron chi connectivity index (χ3n) is 3.02. The summed E-state index contributed by atoms with van der Waals surface area (Å²) in [5.74, 6) is 0.360. The van der Waals surface area contributed by atoms with Crippen molar-refractivity contribution in [3.63, 3.8) is 0 Å². The molecule has 1 aromatic heterocycles. The van der Waals surface area contributed by atoms with Gasteiger partial charge in [-0.3, -0.25) is 4.79 Å². The van der Waals surface area contributed by atoms with Crippen molar-refractivity contribution in [1.29, 1.82) is 0 Å². The first-order valence-corrected chi connectivity index (χ1v) is 8.39. The molecule has 5 nitrogen and oxygen atoms in total. The molecule has 21 heavy (non-hydrogen) atoms. The van der Waals surface area contributed by atoms with Gasteiger partial charge in [-0.1, -0.05) is 53.4 Å². The monoisotopic (exact) mass is 318 g/mol. The largest absolute Gasteiger partial charge is 0.272 e. The summed E-state index contributed by atoms with van der Waals surface area (Å²) in [6.45, 7) is 2.55. The highest BCUT2D eigenvalue weighted by molar-refractivity contribution is 8.01. The molecule has 0 saturated heterocycles. The molecule has 108 valence electrons. The highest BCUT2D eigenvalue weighted by Crippen LogP contribution is 2.23. The molecule has 3 rings (SSSR count). The van der Waals surface area contributed by atoms with Gasteiger partial charge in [-0.05, 0) is 12.5 Å². The summed E-state index contributed by atoms with van der Waals surface area (Å²) in [6.07, 6.45) is 0.804. The summed E-state index contributed by atoms with van der Waals surface area (Å²) in [5.41, 5.74) is 2.06. The van der Waals surface area contributed by atoms with E-state index in [1.54, 1.807) is 5.01 Å². The number of hydrogen-bond donors (Lipinski definition) is 0. The van der Waals surface area contributed by atoms with Crippen LogP contribution in [0.5, 0.6) is 0 Å². The number of hydrazone groups is 1. The van der Waals surface area contributed by atoms with Gasteiger partial charge in [0.25, 0.3) is 5.91 Å². The maximum absolute atomic E-state index is 12.2. The number of thioether (sulfide) groups is 1. The van der Waals surface area contributed by atoms with E-state index < -0.39 is 0 Å². The summed E-state index contributed by atoms with van der Waals surface area (Å²) < 4.78 is 0.826. The number of carbonyl (C=O) groups is 1. The van der Waals surface area contributed by atoms with Crippen molar-refractivity contribution < 1.29 is 4.79 Å². The van der Waals surface area contributed by atoms with Crippen LogP contribution in [-0.4, -0.2) is 39.1 Å². The van der Waals surface area contributed by atoms with E-state index in [-0.39, 0.29) is 5.91 Å². The van der Waals surface area contributed by atoms with Crippen LogP contribution in [0.25, 0.3) is 0 Å². The van der Waals surface area contributed by atoms with Crippen LogP contribution in [0.1, 0.15) is 17.0 Å². The van der Waals surface area contributed by atoms with Crippen LogP contribution in [0, 0.1) is 6.92 Å². The highest BCUT2D eigenvalue weighted by Gasteiger charge is 2.21. The standard InChI is InChI=1S/C14H14N4OS2/c1-10-15-16-14(21-10)20-9-13(19)18-8-7-12(17-18)11-5-3-2-4-6-11/h2-6H,7-9H2,1H3.